The number of carbonyl (C=O) groups excluding carboxylic acids is 3. The Morgan fingerprint density at radius 1 is 1.04 bits per heavy atom. The van der Waals surface area contributed by atoms with Crippen LogP contribution in [-0.2, 0) is 14.3 Å². The quantitative estimate of drug-likeness (QED) is 0.788. The van der Waals surface area contributed by atoms with E-state index >= 15 is 0 Å². The number of rotatable bonds is 6. The second kappa shape index (κ2) is 8.53. The number of hydrogen-bond donors (Lipinski definition) is 1. The highest BCUT2D eigenvalue weighted by Gasteiger charge is 2.22. The average molecular weight is 372 g/mol. The average Bonchev–Trinajstić information content (AvgIpc) is 2.86. The molecule has 144 valence electrons. The Morgan fingerprint density at radius 2 is 1.67 bits per heavy atom. The number of esters is 1. The Labute approximate surface area is 158 Å². The van der Waals surface area contributed by atoms with Gasteiger partial charge in [0.05, 0.1) is 6.54 Å². The molecular formula is C20H24N2O5. The lowest BCUT2D eigenvalue weighted by molar-refractivity contribution is -0.136. The summed E-state index contributed by atoms with van der Waals surface area (Å²) in [6.07, 6.45) is 0. The minimum atomic E-state index is -0.618. The number of furan rings is 1. The molecule has 7 nitrogen and oxygen atoms in total. The van der Waals surface area contributed by atoms with Gasteiger partial charge in [-0.3, -0.25) is 9.59 Å². The fourth-order valence-electron chi connectivity index (χ4n) is 2.54. The fourth-order valence-corrected chi connectivity index (χ4v) is 2.54. The molecule has 1 heterocycles. The molecule has 0 unspecified atom stereocenters. The van der Waals surface area contributed by atoms with E-state index in [9.17, 15) is 14.4 Å². The second-order valence-corrected chi connectivity index (χ2v) is 6.45. The zero-order chi connectivity index (χ0) is 20.1. The molecule has 0 saturated carbocycles. The lowest BCUT2D eigenvalue weighted by atomic mass is 10.1. The highest BCUT2D eigenvalue weighted by Crippen LogP contribution is 2.21. The van der Waals surface area contributed by atoms with Gasteiger partial charge in [-0.15, -0.1) is 0 Å². The molecule has 0 aliphatic heterocycles. The van der Waals surface area contributed by atoms with Crippen molar-refractivity contribution in [1.29, 1.82) is 0 Å². The predicted octanol–water partition coefficient (Wildman–Crippen LogP) is 2.77. The maximum absolute atomic E-state index is 12.2. The maximum atomic E-state index is 12.2. The molecule has 1 aromatic heterocycles. The summed E-state index contributed by atoms with van der Waals surface area (Å²) in [6.45, 7) is 6.53. The van der Waals surface area contributed by atoms with Crippen LogP contribution >= 0.6 is 0 Å². The summed E-state index contributed by atoms with van der Waals surface area (Å²) in [5.74, 6) is -0.340. The molecule has 2 aromatic rings. The van der Waals surface area contributed by atoms with Crippen LogP contribution in [-0.4, -0.2) is 42.9 Å². The molecule has 2 rings (SSSR count). The smallest absolute Gasteiger partial charge is 0.342 e. The van der Waals surface area contributed by atoms with Crippen molar-refractivity contribution in [3.63, 3.8) is 0 Å². The standard InChI is InChI=1S/C20H24N2O5/c1-12-6-8-16(9-7-12)21-17(23)10-22(5)18(24)11-26-20(25)19-13(2)14(3)27-15(19)4/h6-9H,10-11H2,1-5H3,(H,21,23). The largest absolute Gasteiger partial charge is 0.465 e. The van der Waals surface area contributed by atoms with Crippen molar-refractivity contribution >= 4 is 23.5 Å². The topological polar surface area (TPSA) is 88.9 Å². The second-order valence-electron chi connectivity index (χ2n) is 6.45. The minimum absolute atomic E-state index is 0.146. The number of nitrogens with one attached hydrogen (secondary N) is 1. The summed E-state index contributed by atoms with van der Waals surface area (Å²) in [7, 11) is 1.48. The highest BCUT2D eigenvalue weighted by molar-refractivity contribution is 5.96. The minimum Gasteiger partial charge on any atom is -0.465 e. The Kier molecular flexibility index (Phi) is 6.39. The van der Waals surface area contributed by atoms with Gasteiger partial charge in [0.2, 0.25) is 5.91 Å². The van der Waals surface area contributed by atoms with Gasteiger partial charge >= 0.3 is 5.97 Å². The molecule has 0 bridgehead atoms. The van der Waals surface area contributed by atoms with E-state index < -0.39 is 18.5 Å². The fraction of sp³-hybridized carbons (Fsp3) is 0.350. The summed E-state index contributed by atoms with van der Waals surface area (Å²) in [6, 6.07) is 7.33. The highest BCUT2D eigenvalue weighted by atomic mass is 16.5. The van der Waals surface area contributed by atoms with E-state index in [0.717, 1.165) is 5.56 Å². The zero-order valence-corrected chi connectivity index (χ0v) is 16.2. The molecule has 2 amide bonds. The van der Waals surface area contributed by atoms with E-state index in [2.05, 4.69) is 5.32 Å². The van der Waals surface area contributed by atoms with Crippen molar-refractivity contribution in [3.05, 3.63) is 52.5 Å². The molecule has 0 fully saturated rings. The summed E-state index contributed by atoms with van der Waals surface area (Å²) >= 11 is 0. The first-order valence-electron chi connectivity index (χ1n) is 8.53. The number of aryl methyl sites for hydroxylation is 3. The molecule has 1 N–H and O–H groups in total. The molecule has 1 aromatic carbocycles. The monoisotopic (exact) mass is 372 g/mol. The van der Waals surface area contributed by atoms with Crippen LogP contribution in [0.4, 0.5) is 5.69 Å². The number of anilines is 1. The van der Waals surface area contributed by atoms with Crippen LogP contribution in [0.5, 0.6) is 0 Å². The van der Waals surface area contributed by atoms with Crippen LogP contribution < -0.4 is 5.32 Å². The number of likely N-dealkylation sites (N-methyl/N-ethyl adjacent to an activating group) is 1. The molecule has 0 aliphatic carbocycles. The van der Waals surface area contributed by atoms with Crippen molar-refractivity contribution in [3.8, 4) is 0 Å². The number of hydrogen-bond acceptors (Lipinski definition) is 5. The normalized spacial score (nSPS) is 10.4. The first kappa shape index (κ1) is 20.2. The Balaban J connectivity index is 1.85. The van der Waals surface area contributed by atoms with Gasteiger partial charge < -0.3 is 19.4 Å². The maximum Gasteiger partial charge on any atom is 0.342 e. The van der Waals surface area contributed by atoms with Crippen LogP contribution in [0.2, 0.25) is 0 Å². The third-order valence-corrected chi connectivity index (χ3v) is 4.23. The van der Waals surface area contributed by atoms with Crippen molar-refractivity contribution in [2.24, 2.45) is 0 Å². The molecule has 0 aliphatic rings. The van der Waals surface area contributed by atoms with Crippen LogP contribution in [0.3, 0.4) is 0 Å². The van der Waals surface area contributed by atoms with Gasteiger partial charge in [-0.2, -0.15) is 0 Å². The molecular weight excluding hydrogens is 348 g/mol. The molecule has 0 spiro atoms. The van der Waals surface area contributed by atoms with Gasteiger partial charge in [0.15, 0.2) is 6.61 Å². The SMILES string of the molecule is Cc1ccc(NC(=O)CN(C)C(=O)COC(=O)c2c(C)oc(C)c2C)cc1. The number of ether oxygens (including phenoxy) is 1. The predicted molar refractivity (Wildman–Crippen MR) is 101 cm³/mol. The van der Waals surface area contributed by atoms with E-state index in [-0.39, 0.29) is 12.5 Å². The van der Waals surface area contributed by atoms with Crippen molar-refractivity contribution in [1.82, 2.24) is 4.90 Å². The Bertz CT molecular complexity index is 852. The first-order valence-corrected chi connectivity index (χ1v) is 8.53. The van der Waals surface area contributed by atoms with E-state index in [4.69, 9.17) is 9.15 Å². The zero-order valence-electron chi connectivity index (χ0n) is 16.2. The third kappa shape index (κ3) is 5.20. The summed E-state index contributed by atoms with van der Waals surface area (Å²) in [4.78, 5) is 37.6. The number of benzene rings is 1. The van der Waals surface area contributed by atoms with Gasteiger partial charge in [0.25, 0.3) is 5.91 Å². The lowest BCUT2D eigenvalue weighted by Crippen LogP contribution is -2.37. The van der Waals surface area contributed by atoms with Gasteiger partial charge in [-0.25, -0.2) is 4.79 Å². The van der Waals surface area contributed by atoms with E-state index in [0.29, 0.717) is 28.3 Å². The van der Waals surface area contributed by atoms with Crippen LogP contribution in [0, 0.1) is 27.7 Å². The molecule has 0 atom stereocenters. The van der Waals surface area contributed by atoms with Gasteiger partial charge in [0.1, 0.15) is 17.1 Å². The van der Waals surface area contributed by atoms with Gasteiger partial charge in [0, 0.05) is 18.3 Å². The molecule has 7 heteroatoms. The van der Waals surface area contributed by atoms with Crippen LogP contribution in [0.25, 0.3) is 0 Å². The number of carbonyl (C=O) groups is 3. The summed E-state index contributed by atoms with van der Waals surface area (Å²) in [5, 5.41) is 2.71. The van der Waals surface area contributed by atoms with E-state index in [1.54, 1.807) is 32.9 Å². The molecule has 27 heavy (non-hydrogen) atoms. The number of nitrogens with zero attached hydrogens (tertiary/aromatic N) is 1. The first-order chi connectivity index (χ1) is 12.7. The van der Waals surface area contributed by atoms with Crippen molar-refractivity contribution in [2.45, 2.75) is 27.7 Å². The van der Waals surface area contributed by atoms with Crippen LogP contribution in [0.1, 0.15) is 33.0 Å². The van der Waals surface area contributed by atoms with Gasteiger partial charge in [-0.1, -0.05) is 17.7 Å². The molecule has 0 saturated heterocycles. The molecule has 0 radical (unpaired) electrons. The van der Waals surface area contributed by atoms with Crippen molar-refractivity contribution in [2.75, 3.05) is 25.5 Å². The van der Waals surface area contributed by atoms with Gasteiger partial charge in [-0.05, 0) is 39.8 Å². The third-order valence-electron chi connectivity index (χ3n) is 4.23. The van der Waals surface area contributed by atoms with E-state index in [1.807, 2.05) is 19.1 Å². The van der Waals surface area contributed by atoms with Crippen molar-refractivity contribution < 1.29 is 23.5 Å². The van der Waals surface area contributed by atoms with Crippen LogP contribution in [0.15, 0.2) is 28.7 Å². The summed E-state index contributed by atoms with van der Waals surface area (Å²) < 4.78 is 10.5. The Morgan fingerprint density at radius 3 is 2.22 bits per heavy atom. The lowest BCUT2D eigenvalue weighted by Gasteiger charge is -2.17. The number of amides is 2. The van der Waals surface area contributed by atoms with E-state index in [1.165, 1.54) is 11.9 Å². The Hall–Kier alpha value is -3.09. The summed E-state index contributed by atoms with van der Waals surface area (Å²) in [5.41, 5.74) is 2.76.